The molecule has 0 radical (unpaired) electrons. The molecule has 2 aromatic heterocycles. The van der Waals surface area contributed by atoms with E-state index in [0.717, 1.165) is 33.7 Å². The number of guanidine groups is 1. The van der Waals surface area contributed by atoms with Gasteiger partial charge in [0.1, 0.15) is 5.65 Å². The van der Waals surface area contributed by atoms with Gasteiger partial charge in [0.15, 0.2) is 17.5 Å². The number of nitrogens with one attached hydrogen (secondary N) is 1. The van der Waals surface area contributed by atoms with Crippen LogP contribution in [-0.4, -0.2) is 28.6 Å². The topological polar surface area (TPSA) is 86.2 Å². The summed E-state index contributed by atoms with van der Waals surface area (Å²) >= 11 is 3.45. The number of anilines is 1. The molecular formula is C18H18BrN5O2. The molecule has 0 saturated heterocycles. The summed E-state index contributed by atoms with van der Waals surface area (Å²) in [6, 6.07) is 9.52. The summed E-state index contributed by atoms with van der Waals surface area (Å²) in [6.07, 6.45) is 4.76. The Morgan fingerprint density at radius 2 is 2.04 bits per heavy atom. The maximum Gasteiger partial charge on any atom is 0.193 e. The Balaban J connectivity index is 1.45. The van der Waals surface area contributed by atoms with Gasteiger partial charge in [-0.2, -0.15) is 0 Å². The van der Waals surface area contributed by atoms with Crippen molar-refractivity contribution in [2.45, 2.75) is 13.0 Å². The quantitative estimate of drug-likeness (QED) is 0.506. The molecule has 0 amide bonds. The van der Waals surface area contributed by atoms with Crippen LogP contribution in [0.25, 0.3) is 5.65 Å². The fourth-order valence-corrected chi connectivity index (χ4v) is 3.04. The van der Waals surface area contributed by atoms with Gasteiger partial charge in [0.2, 0.25) is 0 Å². The number of fused-ring (bicyclic) bond motifs is 2. The summed E-state index contributed by atoms with van der Waals surface area (Å²) < 4.78 is 14.2. The maximum atomic E-state index is 6.00. The van der Waals surface area contributed by atoms with E-state index in [4.69, 9.17) is 15.2 Å². The Kier molecular flexibility index (Phi) is 4.66. The molecule has 26 heavy (non-hydrogen) atoms. The van der Waals surface area contributed by atoms with Gasteiger partial charge in [0.25, 0.3) is 0 Å². The van der Waals surface area contributed by atoms with Crippen LogP contribution in [0.15, 0.2) is 52.2 Å². The van der Waals surface area contributed by atoms with Crippen LogP contribution in [0.3, 0.4) is 0 Å². The van der Waals surface area contributed by atoms with Crippen molar-refractivity contribution < 1.29 is 9.47 Å². The number of nitrogens with two attached hydrogens (primary N) is 1. The number of aromatic nitrogens is 2. The minimum Gasteiger partial charge on any atom is -0.490 e. The summed E-state index contributed by atoms with van der Waals surface area (Å²) in [5.74, 6) is 1.78. The van der Waals surface area contributed by atoms with E-state index in [1.165, 1.54) is 0 Å². The average molecular weight is 416 g/mol. The molecule has 134 valence electrons. The molecule has 8 heteroatoms. The molecule has 3 N–H and O–H groups in total. The highest BCUT2D eigenvalue weighted by molar-refractivity contribution is 9.10. The van der Waals surface area contributed by atoms with Gasteiger partial charge in [-0.3, -0.25) is 0 Å². The van der Waals surface area contributed by atoms with E-state index in [0.29, 0.717) is 31.5 Å². The van der Waals surface area contributed by atoms with E-state index in [1.54, 1.807) is 0 Å². The molecule has 0 saturated carbocycles. The van der Waals surface area contributed by atoms with Crippen LogP contribution >= 0.6 is 15.9 Å². The Bertz CT molecular complexity index is 969. The molecule has 0 unspecified atom stereocenters. The summed E-state index contributed by atoms with van der Waals surface area (Å²) in [7, 11) is 0. The first-order chi connectivity index (χ1) is 12.7. The molecule has 0 aliphatic carbocycles. The van der Waals surface area contributed by atoms with Gasteiger partial charge in [-0.15, -0.1) is 0 Å². The number of nitrogens with zero attached hydrogens (tertiary/aromatic N) is 3. The van der Waals surface area contributed by atoms with Crippen LogP contribution in [0.2, 0.25) is 0 Å². The lowest BCUT2D eigenvalue weighted by atomic mass is 10.3. The zero-order chi connectivity index (χ0) is 17.9. The molecule has 3 aromatic rings. The molecule has 0 atom stereocenters. The third-order valence-corrected chi connectivity index (χ3v) is 4.37. The lowest BCUT2D eigenvalue weighted by Gasteiger charge is -2.10. The number of halogens is 1. The highest BCUT2D eigenvalue weighted by Gasteiger charge is 2.11. The van der Waals surface area contributed by atoms with Gasteiger partial charge in [0.05, 0.1) is 25.5 Å². The standard InChI is InChI=1S/C18H18BrN5O2/c19-12-2-5-17-22-14(11-24(17)10-12)9-21-18(20)23-13-3-4-15-16(8-13)26-7-1-6-25-15/h2-5,8,10-11H,1,6-7,9H2,(H3,20,21,23). The van der Waals surface area contributed by atoms with E-state index < -0.39 is 0 Å². The highest BCUT2D eigenvalue weighted by atomic mass is 79.9. The smallest absolute Gasteiger partial charge is 0.193 e. The minimum absolute atomic E-state index is 0.317. The van der Waals surface area contributed by atoms with Crippen LogP contribution in [0.5, 0.6) is 11.5 Å². The lowest BCUT2D eigenvalue weighted by Crippen LogP contribution is -2.22. The van der Waals surface area contributed by atoms with E-state index in [1.807, 2.05) is 47.1 Å². The number of rotatable bonds is 3. The second-order valence-corrected chi connectivity index (χ2v) is 6.80. The van der Waals surface area contributed by atoms with Crippen molar-refractivity contribution in [3.8, 4) is 11.5 Å². The predicted octanol–water partition coefficient (Wildman–Crippen LogP) is 3.18. The first-order valence-electron chi connectivity index (χ1n) is 8.27. The summed E-state index contributed by atoms with van der Waals surface area (Å²) in [6.45, 7) is 1.70. The number of hydrogen-bond donors (Lipinski definition) is 2. The molecule has 1 aliphatic rings. The Hall–Kier alpha value is -2.74. The normalized spacial score (nSPS) is 14.3. The van der Waals surface area contributed by atoms with E-state index in [9.17, 15) is 0 Å². The monoisotopic (exact) mass is 415 g/mol. The van der Waals surface area contributed by atoms with Gasteiger partial charge < -0.3 is 24.9 Å². The minimum atomic E-state index is 0.317. The zero-order valence-electron chi connectivity index (χ0n) is 14.0. The molecule has 1 aliphatic heterocycles. The number of hydrogen-bond acceptors (Lipinski definition) is 4. The van der Waals surface area contributed by atoms with Crippen LogP contribution in [0.4, 0.5) is 5.69 Å². The first kappa shape index (κ1) is 16.7. The molecule has 4 rings (SSSR count). The fraction of sp³-hybridized carbons (Fsp3) is 0.222. The number of imidazole rings is 1. The van der Waals surface area contributed by atoms with Crippen LogP contribution in [-0.2, 0) is 6.54 Å². The number of aliphatic imine (C=N–C) groups is 1. The van der Waals surface area contributed by atoms with Crippen LogP contribution in [0, 0.1) is 0 Å². The van der Waals surface area contributed by atoms with Gasteiger partial charge >= 0.3 is 0 Å². The van der Waals surface area contributed by atoms with Gasteiger partial charge in [-0.1, -0.05) is 0 Å². The summed E-state index contributed by atoms with van der Waals surface area (Å²) in [4.78, 5) is 8.88. The second kappa shape index (κ2) is 7.25. The van der Waals surface area contributed by atoms with Crippen molar-refractivity contribution in [2.24, 2.45) is 10.7 Å². The second-order valence-electron chi connectivity index (χ2n) is 5.88. The average Bonchev–Trinajstić information content (AvgIpc) is 2.88. The number of pyridine rings is 1. The van der Waals surface area contributed by atoms with Gasteiger partial charge in [-0.25, -0.2) is 9.98 Å². The summed E-state index contributed by atoms with van der Waals surface area (Å²) in [5.41, 5.74) is 8.51. The van der Waals surface area contributed by atoms with Crippen molar-refractivity contribution in [1.82, 2.24) is 9.38 Å². The van der Waals surface area contributed by atoms with E-state index >= 15 is 0 Å². The van der Waals surface area contributed by atoms with Crippen LogP contribution in [0.1, 0.15) is 12.1 Å². The Morgan fingerprint density at radius 1 is 1.19 bits per heavy atom. The van der Waals surface area contributed by atoms with Gasteiger partial charge in [0, 0.05) is 35.0 Å². The third-order valence-electron chi connectivity index (χ3n) is 3.90. The van der Waals surface area contributed by atoms with E-state index in [-0.39, 0.29) is 0 Å². The molecule has 0 bridgehead atoms. The van der Waals surface area contributed by atoms with Crippen molar-refractivity contribution in [2.75, 3.05) is 18.5 Å². The molecule has 3 heterocycles. The highest BCUT2D eigenvalue weighted by Crippen LogP contribution is 2.32. The van der Waals surface area contributed by atoms with Crippen LogP contribution < -0.4 is 20.5 Å². The van der Waals surface area contributed by atoms with Gasteiger partial charge in [-0.05, 0) is 40.2 Å². The van der Waals surface area contributed by atoms with Crippen molar-refractivity contribution in [3.63, 3.8) is 0 Å². The molecule has 0 fully saturated rings. The largest absolute Gasteiger partial charge is 0.490 e. The predicted molar refractivity (Wildman–Crippen MR) is 104 cm³/mol. The van der Waals surface area contributed by atoms with Crippen molar-refractivity contribution >= 4 is 33.2 Å². The molecule has 1 aromatic carbocycles. The number of benzene rings is 1. The first-order valence-corrected chi connectivity index (χ1v) is 9.06. The summed E-state index contributed by atoms with van der Waals surface area (Å²) in [5, 5.41) is 3.08. The Morgan fingerprint density at radius 3 is 2.92 bits per heavy atom. The zero-order valence-corrected chi connectivity index (χ0v) is 15.6. The Labute approximate surface area is 159 Å². The van der Waals surface area contributed by atoms with E-state index in [2.05, 4.69) is 31.2 Å². The third kappa shape index (κ3) is 3.75. The SMILES string of the molecule is NC(=NCc1cn2cc(Br)ccc2n1)Nc1ccc2c(c1)OCCCO2. The number of ether oxygens (including phenoxy) is 2. The molecule has 7 nitrogen and oxygen atoms in total. The fourth-order valence-electron chi connectivity index (χ4n) is 2.69. The lowest BCUT2D eigenvalue weighted by molar-refractivity contribution is 0.297. The van der Waals surface area contributed by atoms with Crippen molar-refractivity contribution in [3.05, 3.63) is 52.9 Å². The molecular weight excluding hydrogens is 398 g/mol. The molecule has 0 spiro atoms. The maximum absolute atomic E-state index is 6.00. The van der Waals surface area contributed by atoms with Crippen molar-refractivity contribution in [1.29, 1.82) is 0 Å².